The Bertz CT molecular complexity index is 646. The Kier molecular flexibility index (Phi) is 4.45. The molecule has 7 heteroatoms. The van der Waals surface area contributed by atoms with Crippen molar-refractivity contribution >= 4 is 17.7 Å². The Balaban J connectivity index is 2.00. The zero-order valence-electron chi connectivity index (χ0n) is 11.4. The van der Waals surface area contributed by atoms with E-state index >= 15 is 0 Å². The van der Waals surface area contributed by atoms with Crippen LogP contribution in [0.25, 0.3) is 0 Å². The fraction of sp³-hybridized carbons (Fsp3) is 0.143. The molecule has 2 rings (SSSR count). The van der Waals surface area contributed by atoms with Gasteiger partial charge in [-0.05, 0) is 23.8 Å². The first-order valence-electron chi connectivity index (χ1n) is 6.15. The van der Waals surface area contributed by atoms with E-state index in [-0.39, 0.29) is 11.6 Å². The number of hydrogen-bond acceptors (Lipinski definition) is 4. The number of carbonyl (C=O) groups is 2. The van der Waals surface area contributed by atoms with E-state index in [2.05, 4.69) is 15.3 Å². The number of carboxylic acids is 1. The third-order valence-corrected chi connectivity index (χ3v) is 2.75. The van der Waals surface area contributed by atoms with Crippen LogP contribution >= 0.6 is 0 Å². The Morgan fingerprint density at radius 2 is 1.95 bits per heavy atom. The molecule has 2 amide bonds. The van der Waals surface area contributed by atoms with Crippen molar-refractivity contribution in [3.63, 3.8) is 0 Å². The molecule has 0 atom stereocenters. The first-order valence-corrected chi connectivity index (χ1v) is 6.15. The second kappa shape index (κ2) is 6.47. The Hall–Kier alpha value is -2.96. The predicted molar refractivity (Wildman–Crippen MR) is 75.9 cm³/mol. The van der Waals surface area contributed by atoms with Gasteiger partial charge >= 0.3 is 12.0 Å². The van der Waals surface area contributed by atoms with E-state index in [1.165, 1.54) is 23.4 Å². The zero-order valence-corrected chi connectivity index (χ0v) is 11.4. The summed E-state index contributed by atoms with van der Waals surface area (Å²) in [6.45, 7) is 0.417. The quantitative estimate of drug-likeness (QED) is 0.894. The van der Waals surface area contributed by atoms with Crippen molar-refractivity contribution in [2.75, 3.05) is 12.4 Å². The molecule has 0 spiro atoms. The van der Waals surface area contributed by atoms with Gasteiger partial charge in [0.25, 0.3) is 0 Å². The lowest BCUT2D eigenvalue weighted by atomic mass is 10.2. The van der Waals surface area contributed by atoms with Gasteiger partial charge in [-0.15, -0.1) is 0 Å². The number of nitrogens with zero attached hydrogens (tertiary/aromatic N) is 3. The summed E-state index contributed by atoms with van der Waals surface area (Å²) in [5.41, 5.74) is 1.30. The molecule has 0 fully saturated rings. The predicted octanol–water partition coefficient (Wildman–Crippen LogP) is 1.84. The van der Waals surface area contributed by atoms with Gasteiger partial charge in [0, 0.05) is 32.2 Å². The smallest absolute Gasteiger partial charge is 0.337 e. The molecule has 108 valence electrons. The summed E-state index contributed by atoms with van der Waals surface area (Å²) in [5, 5.41) is 11.5. The van der Waals surface area contributed by atoms with Gasteiger partial charge in [0.15, 0.2) is 0 Å². The van der Waals surface area contributed by atoms with Crippen LogP contribution < -0.4 is 5.32 Å². The number of amides is 2. The summed E-state index contributed by atoms with van der Waals surface area (Å²) in [6.07, 6.45) is 5.92. The number of nitrogens with one attached hydrogen (secondary N) is 1. The van der Waals surface area contributed by atoms with Crippen molar-refractivity contribution in [2.45, 2.75) is 6.54 Å². The number of anilines is 1. The van der Waals surface area contributed by atoms with Gasteiger partial charge in [0.05, 0.1) is 17.4 Å². The fourth-order valence-corrected chi connectivity index (χ4v) is 1.68. The van der Waals surface area contributed by atoms with Gasteiger partial charge in [-0.1, -0.05) is 0 Å². The highest BCUT2D eigenvalue weighted by molar-refractivity contribution is 5.92. The number of aromatic carboxylic acids is 1. The zero-order chi connectivity index (χ0) is 15.2. The van der Waals surface area contributed by atoms with E-state index in [0.29, 0.717) is 12.2 Å². The molecule has 0 saturated heterocycles. The number of rotatable bonds is 4. The summed E-state index contributed by atoms with van der Waals surface area (Å²) < 4.78 is 0. The number of pyridine rings is 2. The van der Waals surface area contributed by atoms with Crippen LogP contribution in [-0.4, -0.2) is 39.0 Å². The largest absolute Gasteiger partial charge is 0.478 e. The average Bonchev–Trinajstić information content (AvgIpc) is 2.48. The van der Waals surface area contributed by atoms with Gasteiger partial charge in [-0.2, -0.15) is 0 Å². The normalized spacial score (nSPS) is 9.95. The Labute approximate surface area is 121 Å². The second-order valence-corrected chi connectivity index (χ2v) is 4.41. The monoisotopic (exact) mass is 286 g/mol. The van der Waals surface area contributed by atoms with Gasteiger partial charge < -0.3 is 15.3 Å². The van der Waals surface area contributed by atoms with Crippen LogP contribution in [0.2, 0.25) is 0 Å². The van der Waals surface area contributed by atoms with Crippen LogP contribution in [0.3, 0.4) is 0 Å². The molecule has 0 unspecified atom stereocenters. The van der Waals surface area contributed by atoms with Crippen LogP contribution in [0.5, 0.6) is 0 Å². The molecular weight excluding hydrogens is 272 g/mol. The number of hydrogen-bond donors (Lipinski definition) is 2. The van der Waals surface area contributed by atoms with Gasteiger partial charge in [0.1, 0.15) is 0 Å². The minimum Gasteiger partial charge on any atom is -0.478 e. The molecule has 0 saturated carbocycles. The molecule has 0 bridgehead atoms. The van der Waals surface area contributed by atoms with E-state index in [9.17, 15) is 9.59 Å². The summed E-state index contributed by atoms with van der Waals surface area (Å²) in [4.78, 5) is 32.0. The molecule has 2 heterocycles. The summed E-state index contributed by atoms with van der Waals surface area (Å²) in [6, 6.07) is 4.64. The lowest BCUT2D eigenvalue weighted by Gasteiger charge is -2.18. The number of carbonyl (C=O) groups excluding carboxylic acids is 1. The van der Waals surface area contributed by atoms with E-state index in [1.54, 1.807) is 19.4 Å². The fourth-order valence-electron chi connectivity index (χ4n) is 1.68. The lowest BCUT2D eigenvalue weighted by Crippen LogP contribution is -2.30. The number of urea groups is 1. The maximum atomic E-state index is 12.0. The third-order valence-electron chi connectivity index (χ3n) is 2.75. The second-order valence-electron chi connectivity index (χ2n) is 4.41. The SMILES string of the molecule is CN(Cc1ccncc1)C(=O)Nc1cncc(C(=O)O)c1. The molecule has 0 aliphatic carbocycles. The highest BCUT2D eigenvalue weighted by Crippen LogP contribution is 2.10. The maximum absolute atomic E-state index is 12.0. The third kappa shape index (κ3) is 4.00. The van der Waals surface area contributed by atoms with Gasteiger partial charge in [-0.3, -0.25) is 9.97 Å². The lowest BCUT2D eigenvalue weighted by molar-refractivity contribution is 0.0696. The van der Waals surface area contributed by atoms with Crippen molar-refractivity contribution in [1.82, 2.24) is 14.9 Å². The van der Waals surface area contributed by atoms with Crippen molar-refractivity contribution in [3.8, 4) is 0 Å². The number of carboxylic acid groups (broad SMARTS) is 1. The van der Waals surface area contributed by atoms with Crippen LogP contribution in [0.4, 0.5) is 10.5 Å². The first kappa shape index (κ1) is 14.4. The van der Waals surface area contributed by atoms with Crippen molar-refractivity contribution in [3.05, 3.63) is 54.1 Å². The molecule has 0 aromatic carbocycles. The molecule has 2 aromatic rings. The molecular formula is C14H14N4O3. The highest BCUT2D eigenvalue weighted by atomic mass is 16.4. The molecule has 0 aliphatic rings. The Morgan fingerprint density at radius 1 is 1.24 bits per heavy atom. The molecule has 7 nitrogen and oxygen atoms in total. The van der Waals surface area contributed by atoms with Crippen molar-refractivity contribution in [2.24, 2.45) is 0 Å². The van der Waals surface area contributed by atoms with E-state index in [4.69, 9.17) is 5.11 Å². The summed E-state index contributed by atoms with van der Waals surface area (Å²) in [7, 11) is 1.64. The van der Waals surface area contributed by atoms with E-state index in [1.807, 2.05) is 12.1 Å². The molecule has 21 heavy (non-hydrogen) atoms. The van der Waals surface area contributed by atoms with E-state index in [0.717, 1.165) is 5.56 Å². The summed E-state index contributed by atoms with van der Waals surface area (Å²) in [5.74, 6) is -1.09. The van der Waals surface area contributed by atoms with Crippen molar-refractivity contribution in [1.29, 1.82) is 0 Å². The van der Waals surface area contributed by atoms with E-state index < -0.39 is 5.97 Å². The van der Waals surface area contributed by atoms with Crippen LogP contribution in [-0.2, 0) is 6.54 Å². The first-order chi connectivity index (χ1) is 10.1. The highest BCUT2D eigenvalue weighted by Gasteiger charge is 2.11. The van der Waals surface area contributed by atoms with Crippen LogP contribution in [0, 0.1) is 0 Å². The van der Waals surface area contributed by atoms with Gasteiger partial charge in [-0.25, -0.2) is 9.59 Å². The van der Waals surface area contributed by atoms with Gasteiger partial charge in [0.2, 0.25) is 0 Å². The number of aromatic nitrogens is 2. The molecule has 2 N–H and O–H groups in total. The standard InChI is InChI=1S/C14H14N4O3/c1-18(9-10-2-4-15-5-3-10)14(21)17-12-6-11(13(19)20)7-16-8-12/h2-8H,9H2,1H3,(H,17,21)(H,19,20). The molecule has 2 aromatic heterocycles. The topological polar surface area (TPSA) is 95.4 Å². The van der Waals surface area contributed by atoms with Crippen molar-refractivity contribution < 1.29 is 14.7 Å². The summed E-state index contributed by atoms with van der Waals surface area (Å²) >= 11 is 0. The molecule has 0 aliphatic heterocycles. The molecule has 0 radical (unpaired) electrons. The Morgan fingerprint density at radius 3 is 2.62 bits per heavy atom. The van der Waals surface area contributed by atoms with Crippen LogP contribution in [0.15, 0.2) is 43.0 Å². The van der Waals surface area contributed by atoms with Crippen LogP contribution in [0.1, 0.15) is 15.9 Å². The maximum Gasteiger partial charge on any atom is 0.337 e. The average molecular weight is 286 g/mol. The minimum atomic E-state index is -1.09. The minimum absolute atomic E-state index is 0.0181.